The van der Waals surface area contributed by atoms with Gasteiger partial charge in [-0.25, -0.2) is 8.78 Å². The number of rotatable bonds is 5. The average Bonchev–Trinajstić information content (AvgIpc) is 2.49. The lowest BCUT2D eigenvalue weighted by atomic mass is 10.0. The van der Waals surface area contributed by atoms with Gasteiger partial charge in [-0.3, -0.25) is 0 Å². The Labute approximate surface area is 123 Å². The summed E-state index contributed by atoms with van der Waals surface area (Å²) in [6.45, 7) is 3.90. The molecule has 0 saturated heterocycles. The SMILES string of the molecule is Cc1cc(F)c(C(C)NCc2ccc(CO)cc2)cc1F. The average molecular weight is 291 g/mol. The third-order valence-electron chi connectivity index (χ3n) is 3.56. The molecule has 0 radical (unpaired) electrons. The van der Waals surface area contributed by atoms with Crippen LogP contribution in [0.3, 0.4) is 0 Å². The van der Waals surface area contributed by atoms with Crippen molar-refractivity contribution in [3.05, 3.63) is 70.3 Å². The Balaban J connectivity index is 2.04. The summed E-state index contributed by atoms with van der Waals surface area (Å²) in [5, 5.41) is 12.2. The lowest BCUT2D eigenvalue weighted by Gasteiger charge is -2.16. The van der Waals surface area contributed by atoms with Crippen molar-refractivity contribution in [2.75, 3.05) is 0 Å². The molecular weight excluding hydrogens is 272 g/mol. The second kappa shape index (κ2) is 6.78. The molecule has 0 spiro atoms. The van der Waals surface area contributed by atoms with Gasteiger partial charge in [-0.2, -0.15) is 0 Å². The molecule has 2 nitrogen and oxygen atoms in total. The van der Waals surface area contributed by atoms with Gasteiger partial charge < -0.3 is 10.4 Å². The summed E-state index contributed by atoms with van der Waals surface area (Å²) in [5.74, 6) is -0.795. The van der Waals surface area contributed by atoms with Gasteiger partial charge in [0.15, 0.2) is 0 Å². The predicted octanol–water partition coefficient (Wildman–Crippen LogP) is 3.62. The van der Waals surface area contributed by atoms with Crippen LogP contribution in [-0.4, -0.2) is 5.11 Å². The summed E-state index contributed by atoms with van der Waals surface area (Å²) < 4.78 is 27.4. The molecule has 1 atom stereocenters. The van der Waals surface area contributed by atoms with Gasteiger partial charge in [0.1, 0.15) is 11.6 Å². The number of hydrogen-bond acceptors (Lipinski definition) is 2. The minimum absolute atomic E-state index is 0.0119. The van der Waals surface area contributed by atoms with Gasteiger partial charge in [0.25, 0.3) is 0 Å². The molecule has 2 rings (SSSR count). The van der Waals surface area contributed by atoms with Crippen molar-refractivity contribution in [1.29, 1.82) is 0 Å². The lowest BCUT2D eigenvalue weighted by Crippen LogP contribution is -2.19. The maximum Gasteiger partial charge on any atom is 0.128 e. The third kappa shape index (κ3) is 3.86. The molecule has 2 aromatic carbocycles. The quantitative estimate of drug-likeness (QED) is 0.882. The molecule has 2 N–H and O–H groups in total. The molecule has 0 aliphatic carbocycles. The van der Waals surface area contributed by atoms with Crippen molar-refractivity contribution >= 4 is 0 Å². The molecule has 1 unspecified atom stereocenters. The van der Waals surface area contributed by atoms with Gasteiger partial charge in [0.05, 0.1) is 6.61 Å². The molecule has 4 heteroatoms. The maximum absolute atomic E-state index is 13.9. The van der Waals surface area contributed by atoms with Crippen LogP contribution in [0.25, 0.3) is 0 Å². The van der Waals surface area contributed by atoms with Crippen LogP contribution in [0.4, 0.5) is 8.78 Å². The lowest BCUT2D eigenvalue weighted by molar-refractivity contribution is 0.282. The van der Waals surface area contributed by atoms with Crippen molar-refractivity contribution in [2.45, 2.75) is 33.0 Å². The molecule has 21 heavy (non-hydrogen) atoms. The van der Waals surface area contributed by atoms with Crippen LogP contribution in [-0.2, 0) is 13.2 Å². The van der Waals surface area contributed by atoms with Gasteiger partial charge in [-0.15, -0.1) is 0 Å². The van der Waals surface area contributed by atoms with Crippen LogP contribution in [0.1, 0.15) is 35.2 Å². The Bertz CT molecular complexity index is 611. The zero-order chi connectivity index (χ0) is 15.4. The molecule has 0 aliphatic heterocycles. The van der Waals surface area contributed by atoms with Crippen molar-refractivity contribution in [3.63, 3.8) is 0 Å². The number of nitrogens with one attached hydrogen (secondary N) is 1. The Morgan fingerprint density at radius 3 is 2.29 bits per heavy atom. The van der Waals surface area contributed by atoms with Gasteiger partial charge in [-0.05, 0) is 42.7 Å². The Morgan fingerprint density at radius 2 is 1.67 bits per heavy atom. The number of aliphatic hydroxyl groups excluding tert-OH is 1. The fourth-order valence-corrected chi connectivity index (χ4v) is 2.14. The zero-order valence-electron chi connectivity index (χ0n) is 12.2. The Hall–Kier alpha value is -1.78. The molecule has 0 bridgehead atoms. The summed E-state index contributed by atoms with van der Waals surface area (Å²) in [6, 6.07) is 9.66. The Morgan fingerprint density at radius 1 is 1.05 bits per heavy atom. The van der Waals surface area contributed by atoms with Crippen molar-refractivity contribution < 1.29 is 13.9 Å². The first kappa shape index (κ1) is 15.6. The van der Waals surface area contributed by atoms with Gasteiger partial charge in [-0.1, -0.05) is 24.3 Å². The molecule has 2 aromatic rings. The van der Waals surface area contributed by atoms with Crippen molar-refractivity contribution in [2.24, 2.45) is 0 Å². The second-order valence-corrected chi connectivity index (χ2v) is 5.20. The van der Waals surface area contributed by atoms with Crippen molar-refractivity contribution in [1.82, 2.24) is 5.32 Å². The number of aliphatic hydroxyl groups is 1. The molecule has 0 fully saturated rings. The topological polar surface area (TPSA) is 32.3 Å². The van der Waals surface area contributed by atoms with Gasteiger partial charge in [0, 0.05) is 18.2 Å². The molecule has 0 aliphatic rings. The zero-order valence-corrected chi connectivity index (χ0v) is 12.2. The number of benzene rings is 2. The van der Waals surface area contributed by atoms with E-state index in [2.05, 4.69) is 5.32 Å². The van der Waals surface area contributed by atoms with Crippen LogP contribution in [0, 0.1) is 18.6 Å². The van der Waals surface area contributed by atoms with Gasteiger partial charge >= 0.3 is 0 Å². The van der Waals surface area contributed by atoms with E-state index in [1.54, 1.807) is 13.8 Å². The van der Waals surface area contributed by atoms with E-state index >= 15 is 0 Å². The maximum atomic E-state index is 13.9. The van der Waals surface area contributed by atoms with Crippen LogP contribution >= 0.6 is 0 Å². The van der Waals surface area contributed by atoms with E-state index < -0.39 is 11.6 Å². The third-order valence-corrected chi connectivity index (χ3v) is 3.56. The van der Waals surface area contributed by atoms with E-state index in [0.29, 0.717) is 17.7 Å². The predicted molar refractivity (Wildman–Crippen MR) is 78.7 cm³/mol. The molecule has 0 heterocycles. The molecular formula is C17H19F2NO. The first-order chi connectivity index (χ1) is 10.0. The Kier molecular flexibility index (Phi) is 5.04. The molecule has 0 aromatic heterocycles. The standard InChI is InChI=1S/C17H19F2NO/c1-11-7-17(19)15(8-16(11)18)12(2)20-9-13-3-5-14(10-21)6-4-13/h3-8,12,20-21H,9-10H2,1-2H3. The van der Waals surface area contributed by atoms with E-state index in [-0.39, 0.29) is 12.6 Å². The molecule has 0 saturated carbocycles. The van der Waals surface area contributed by atoms with E-state index in [1.807, 2.05) is 24.3 Å². The number of halogens is 2. The van der Waals surface area contributed by atoms with Crippen LogP contribution in [0.15, 0.2) is 36.4 Å². The highest BCUT2D eigenvalue weighted by molar-refractivity contribution is 5.28. The summed E-state index contributed by atoms with van der Waals surface area (Å²) in [4.78, 5) is 0. The summed E-state index contributed by atoms with van der Waals surface area (Å²) in [7, 11) is 0. The van der Waals surface area contributed by atoms with E-state index in [9.17, 15) is 8.78 Å². The van der Waals surface area contributed by atoms with E-state index in [1.165, 1.54) is 12.1 Å². The second-order valence-electron chi connectivity index (χ2n) is 5.20. The summed E-state index contributed by atoms with van der Waals surface area (Å²) in [5.41, 5.74) is 2.50. The summed E-state index contributed by atoms with van der Waals surface area (Å²) >= 11 is 0. The minimum Gasteiger partial charge on any atom is -0.392 e. The fourth-order valence-electron chi connectivity index (χ4n) is 2.14. The molecule has 0 amide bonds. The number of aryl methyl sites for hydroxylation is 1. The molecule has 112 valence electrons. The summed E-state index contributed by atoms with van der Waals surface area (Å²) in [6.07, 6.45) is 0. The van der Waals surface area contributed by atoms with Crippen LogP contribution < -0.4 is 5.32 Å². The first-order valence-corrected chi connectivity index (χ1v) is 6.89. The smallest absolute Gasteiger partial charge is 0.128 e. The normalized spacial score (nSPS) is 12.4. The number of hydrogen-bond donors (Lipinski definition) is 2. The highest BCUT2D eigenvalue weighted by Gasteiger charge is 2.13. The largest absolute Gasteiger partial charge is 0.392 e. The monoisotopic (exact) mass is 291 g/mol. The van der Waals surface area contributed by atoms with Crippen LogP contribution in [0.2, 0.25) is 0 Å². The van der Waals surface area contributed by atoms with E-state index in [0.717, 1.165) is 11.1 Å². The highest BCUT2D eigenvalue weighted by Crippen LogP contribution is 2.21. The van der Waals surface area contributed by atoms with Crippen LogP contribution in [0.5, 0.6) is 0 Å². The minimum atomic E-state index is -0.399. The van der Waals surface area contributed by atoms with Crippen molar-refractivity contribution in [3.8, 4) is 0 Å². The first-order valence-electron chi connectivity index (χ1n) is 6.89. The fraction of sp³-hybridized carbons (Fsp3) is 0.294. The highest BCUT2D eigenvalue weighted by atomic mass is 19.1. The van der Waals surface area contributed by atoms with Gasteiger partial charge in [0.2, 0.25) is 0 Å². The van der Waals surface area contributed by atoms with E-state index in [4.69, 9.17) is 5.11 Å².